The van der Waals surface area contributed by atoms with Gasteiger partial charge < -0.3 is 0 Å². The van der Waals surface area contributed by atoms with Crippen LogP contribution in [0.3, 0.4) is 0 Å². The Kier molecular flexibility index (Phi) is 48.4. The molecule has 70 heavy (non-hydrogen) atoms. The molecule has 0 aliphatic heterocycles. The summed E-state index contributed by atoms with van der Waals surface area (Å²) >= 11 is 0. The zero-order chi connectivity index (χ0) is 55.7. The maximum atomic E-state index is 4.34. The van der Waals surface area contributed by atoms with Gasteiger partial charge in [-0.2, -0.15) is 10.2 Å². The Morgan fingerprint density at radius 3 is 0.514 bits per heavy atom. The first-order valence-electron chi connectivity index (χ1n) is 27.2. The SMILES string of the molecule is CC.CC.CC.CC.CC.CC(C)c1ccc(C(C)C)nn1.CC(C)c1cnc(C(C)C)cn1.CC(C)c1cnc(C(C)C)cn1.CC(C)c1cnc(C(C)C)nc1.CC(C)c1cnc(C(C)C)nc1. The van der Waals surface area contributed by atoms with Gasteiger partial charge in [-0.25, -0.2) is 19.9 Å². The number of aromatic nitrogens is 10. The molecule has 0 unspecified atom stereocenters. The topological polar surface area (TPSA) is 129 Å². The van der Waals surface area contributed by atoms with E-state index < -0.39 is 0 Å². The predicted octanol–water partition coefficient (Wildman–Crippen LogP) is 18.7. The molecule has 0 aliphatic carbocycles. The van der Waals surface area contributed by atoms with E-state index in [9.17, 15) is 0 Å². The molecule has 0 atom stereocenters. The Morgan fingerprint density at radius 2 is 0.400 bits per heavy atom. The van der Waals surface area contributed by atoms with Crippen molar-refractivity contribution in [1.29, 1.82) is 0 Å². The van der Waals surface area contributed by atoms with Gasteiger partial charge in [0.1, 0.15) is 11.6 Å². The van der Waals surface area contributed by atoms with Crippen molar-refractivity contribution in [1.82, 2.24) is 50.1 Å². The molecule has 5 heterocycles. The first-order valence-corrected chi connectivity index (χ1v) is 27.2. The highest BCUT2D eigenvalue weighted by Crippen LogP contribution is 2.18. The van der Waals surface area contributed by atoms with Crippen molar-refractivity contribution in [3.63, 3.8) is 0 Å². The number of rotatable bonds is 10. The molecular weight excluding hydrogens is 861 g/mol. The van der Waals surface area contributed by atoms with Crippen LogP contribution in [0.4, 0.5) is 0 Å². The fourth-order valence-electron chi connectivity index (χ4n) is 4.75. The Labute approximate surface area is 433 Å². The lowest BCUT2D eigenvalue weighted by Crippen LogP contribution is -1.99. The third-order valence-corrected chi connectivity index (χ3v) is 9.39. The Morgan fingerprint density at radius 1 is 0.214 bits per heavy atom. The van der Waals surface area contributed by atoms with Gasteiger partial charge in [0.2, 0.25) is 0 Å². The second kappa shape index (κ2) is 45.5. The zero-order valence-corrected chi connectivity index (χ0v) is 51.0. The second-order valence-corrected chi connectivity index (χ2v) is 18.4. The second-order valence-electron chi connectivity index (χ2n) is 18.4. The molecular formula is C60H110N10. The highest BCUT2D eigenvalue weighted by Gasteiger charge is 2.08. The minimum Gasteiger partial charge on any atom is -0.258 e. The summed E-state index contributed by atoms with van der Waals surface area (Å²) in [6, 6.07) is 4.12. The first kappa shape index (κ1) is 74.3. The highest BCUT2D eigenvalue weighted by atomic mass is 15.1. The molecule has 10 nitrogen and oxygen atoms in total. The molecule has 400 valence electrons. The zero-order valence-electron chi connectivity index (χ0n) is 51.0. The van der Waals surface area contributed by atoms with Crippen molar-refractivity contribution in [2.45, 2.75) is 267 Å². The molecule has 0 aliphatic rings. The van der Waals surface area contributed by atoms with E-state index >= 15 is 0 Å². The molecule has 0 spiro atoms. The summed E-state index contributed by atoms with van der Waals surface area (Å²) in [6.07, 6.45) is 15.2. The van der Waals surface area contributed by atoms with Crippen LogP contribution >= 0.6 is 0 Å². The Hall–Kier alpha value is -4.60. The molecule has 0 N–H and O–H groups in total. The third-order valence-electron chi connectivity index (χ3n) is 9.39. The Balaban J connectivity index is -0.000000240. The van der Waals surface area contributed by atoms with Gasteiger partial charge in [-0.05, 0) is 70.6 Å². The maximum Gasteiger partial charge on any atom is 0.130 e. The van der Waals surface area contributed by atoms with Crippen molar-refractivity contribution in [2.75, 3.05) is 0 Å². The van der Waals surface area contributed by atoms with Gasteiger partial charge in [-0.15, -0.1) is 0 Å². The normalized spacial score (nSPS) is 10.0. The smallest absolute Gasteiger partial charge is 0.130 e. The first-order chi connectivity index (χ1) is 33.0. The third kappa shape index (κ3) is 33.8. The molecule has 0 amide bonds. The van der Waals surface area contributed by atoms with Crippen molar-refractivity contribution < 1.29 is 0 Å². The van der Waals surface area contributed by atoms with Crippen LogP contribution < -0.4 is 0 Å². The van der Waals surface area contributed by atoms with Gasteiger partial charge in [0.15, 0.2) is 0 Å². The minimum atomic E-state index is 0.422. The van der Waals surface area contributed by atoms with E-state index in [-0.39, 0.29) is 0 Å². The minimum absolute atomic E-state index is 0.422. The van der Waals surface area contributed by atoms with Gasteiger partial charge >= 0.3 is 0 Å². The summed E-state index contributed by atoms with van der Waals surface area (Å²) in [7, 11) is 0. The average Bonchev–Trinajstić information content (AvgIpc) is 3.37. The van der Waals surface area contributed by atoms with E-state index in [0.29, 0.717) is 59.2 Å². The molecule has 5 aromatic rings. The summed E-state index contributed by atoms with van der Waals surface area (Å²) in [5.41, 5.74) is 8.83. The van der Waals surface area contributed by atoms with Crippen LogP contribution in [0.1, 0.15) is 324 Å². The van der Waals surface area contributed by atoms with Gasteiger partial charge in [-0.3, -0.25) is 19.9 Å². The number of hydrogen-bond donors (Lipinski definition) is 0. The molecule has 5 rings (SSSR count). The summed E-state index contributed by atoms with van der Waals surface area (Å²) in [5.74, 6) is 6.57. The lowest BCUT2D eigenvalue weighted by molar-refractivity contribution is 0.733. The summed E-state index contributed by atoms with van der Waals surface area (Å²) in [6.45, 7) is 62.5. The molecule has 5 aromatic heterocycles. The van der Waals surface area contributed by atoms with Crippen LogP contribution in [0.25, 0.3) is 0 Å². The fourth-order valence-corrected chi connectivity index (χ4v) is 4.75. The molecule has 0 fully saturated rings. The standard InChI is InChI=1S/5C10H16N2.5C2H6/c2*1-7(2)9-5-12-10(6-11-9)8(3)4;2*1-7(2)9-5-11-10(8(3)4)12-6-9;1-7(2)9-5-6-10(8(3)4)12-11-9;5*1-2/h5*5-8H,1-4H3;5*1-2H3. The van der Waals surface area contributed by atoms with Gasteiger partial charge in [0, 0.05) is 61.4 Å². The van der Waals surface area contributed by atoms with Crippen molar-refractivity contribution in [3.8, 4) is 0 Å². The molecule has 0 bridgehead atoms. The lowest BCUT2D eigenvalue weighted by atomic mass is 10.1. The van der Waals surface area contributed by atoms with Gasteiger partial charge in [-0.1, -0.05) is 208 Å². The van der Waals surface area contributed by atoms with E-state index in [0.717, 1.165) is 45.8 Å². The van der Waals surface area contributed by atoms with E-state index in [4.69, 9.17) is 0 Å². The summed E-state index contributed by atoms with van der Waals surface area (Å²) in [4.78, 5) is 34.5. The van der Waals surface area contributed by atoms with Crippen LogP contribution in [-0.2, 0) is 0 Å². The maximum absolute atomic E-state index is 4.34. The summed E-state index contributed by atoms with van der Waals surface area (Å²) < 4.78 is 0. The average molecular weight is 972 g/mol. The summed E-state index contributed by atoms with van der Waals surface area (Å²) in [5, 5.41) is 8.30. The number of nitrogens with zero attached hydrogens (tertiary/aromatic N) is 10. The van der Waals surface area contributed by atoms with Crippen molar-refractivity contribution in [3.05, 3.63) is 119 Å². The van der Waals surface area contributed by atoms with E-state index in [2.05, 4.69) is 201 Å². The largest absolute Gasteiger partial charge is 0.258 e. The van der Waals surface area contributed by atoms with Crippen LogP contribution in [-0.4, -0.2) is 50.1 Å². The molecule has 10 heteroatoms. The molecule has 0 saturated carbocycles. The van der Waals surface area contributed by atoms with E-state index in [1.165, 1.54) is 11.1 Å². The molecule has 0 aromatic carbocycles. The van der Waals surface area contributed by atoms with E-state index in [1.807, 2.05) is 119 Å². The quantitative estimate of drug-likeness (QED) is 0.133. The van der Waals surface area contributed by atoms with Crippen molar-refractivity contribution in [2.24, 2.45) is 0 Å². The van der Waals surface area contributed by atoms with Crippen LogP contribution in [0.15, 0.2) is 61.7 Å². The number of hydrogen-bond acceptors (Lipinski definition) is 10. The highest BCUT2D eigenvalue weighted by molar-refractivity contribution is 5.13. The lowest BCUT2D eigenvalue weighted by Gasteiger charge is -2.06. The van der Waals surface area contributed by atoms with Crippen molar-refractivity contribution >= 4 is 0 Å². The van der Waals surface area contributed by atoms with E-state index in [1.54, 1.807) is 0 Å². The van der Waals surface area contributed by atoms with Gasteiger partial charge in [0.25, 0.3) is 0 Å². The Bertz CT molecular complexity index is 1370. The molecule has 0 radical (unpaired) electrons. The predicted molar refractivity (Wildman–Crippen MR) is 308 cm³/mol. The fraction of sp³-hybridized carbons (Fsp3) is 0.667. The monoisotopic (exact) mass is 971 g/mol. The molecule has 0 saturated heterocycles. The van der Waals surface area contributed by atoms with Crippen LogP contribution in [0, 0.1) is 0 Å². The van der Waals surface area contributed by atoms with Gasteiger partial charge in [0.05, 0.1) is 34.2 Å². The van der Waals surface area contributed by atoms with Crippen LogP contribution in [0.2, 0.25) is 0 Å². The van der Waals surface area contributed by atoms with Crippen LogP contribution in [0.5, 0.6) is 0 Å².